The molecule has 4 atom stereocenters. The van der Waals surface area contributed by atoms with Crippen molar-refractivity contribution in [2.45, 2.75) is 38.1 Å². The Kier molecular flexibility index (Phi) is 5.17. The molecule has 0 aromatic heterocycles. The number of rotatable bonds is 8. The fourth-order valence-corrected chi connectivity index (χ4v) is 3.56. The Bertz CT molecular complexity index is 382. The van der Waals surface area contributed by atoms with Crippen molar-refractivity contribution >= 4 is 11.9 Å². The van der Waals surface area contributed by atoms with Gasteiger partial charge in [-0.15, -0.1) is 6.58 Å². The number of ether oxygens (including phenoxy) is 1. The van der Waals surface area contributed by atoms with Gasteiger partial charge in [-0.3, -0.25) is 4.79 Å². The second kappa shape index (κ2) is 6.88. The molecule has 2 bridgehead atoms. The molecule has 4 unspecified atom stereocenters. The Hall–Kier alpha value is -1.36. The van der Waals surface area contributed by atoms with E-state index < -0.39 is 12.0 Å². The summed E-state index contributed by atoms with van der Waals surface area (Å²) in [6.45, 7) is 3.75. The van der Waals surface area contributed by atoms with E-state index in [9.17, 15) is 9.59 Å². The Labute approximate surface area is 119 Å². The van der Waals surface area contributed by atoms with E-state index in [0.717, 1.165) is 12.3 Å². The highest BCUT2D eigenvalue weighted by molar-refractivity contribution is 5.83. The predicted molar refractivity (Wildman–Crippen MR) is 74.1 cm³/mol. The summed E-state index contributed by atoms with van der Waals surface area (Å²) in [5.41, 5.74) is 0. The first kappa shape index (κ1) is 15.0. The molecule has 5 heteroatoms. The second-order valence-corrected chi connectivity index (χ2v) is 5.92. The third-order valence-electron chi connectivity index (χ3n) is 4.49. The lowest BCUT2D eigenvalue weighted by Gasteiger charge is -2.22. The highest BCUT2D eigenvalue weighted by Crippen LogP contribution is 2.49. The number of aliphatic carboxylic acids is 1. The maximum Gasteiger partial charge on any atom is 0.328 e. The molecule has 0 aromatic carbocycles. The van der Waals surface area contributed by atoms with Gasteiger partial charge in [-0.1, -0.05) is 12.5 Å². The molecule has 2 aliphatic rings. The minimum Gasteiger partial charge on any atom is -0.480 e. The Morgan fingerprint density at radius 1 is 1.40 bits per heavy atom. The van der Waals surface area contributed by atoms with Crippen LogP contribution in [0.25, 0.3) is 0 Å². The monoisotopic (exact) mass is 281 g/mol. The highest BCUT2D eigenvalue weighted by atomic mass is 16.5. The van der Waals surface area contributed by atoms with Crippen LogP contribution >= 0.6 is 0 Å². The van der Waals surface area contributed by atoms with Crippen molar-refractivity contribution in [3.8, 4) is 0 Å². The zero-order chi connectivity index (χ0) is 14.5. The maximum atomic E-state index is 12.0. The van der Waals surface area contributed by atoms with Gasteiger partial charge in [0.2, 0.25) is 5.91 Å². The molecule has 2 N–H and O–H groups in total. The van der Waals surface area contributed by atoms with Crippen molar-refractivity contribution in [2.24, 2.45) is 17.8 Å². The van der Waals surface area contributed by atoms with Crippen LogP contribution in [0.2, 0.25) is 0 Å². The molecule has 5 nitrogen and oxygen atoms in total. The number of carbonyl (C=O) groups excluding carboxylic acids is 1. The van der Waals surface area contributed by atoms with Gasteiger partial charge in [-0.05, 0) is 37.0 Å². The molecule has 0 radical (unpaired) electrons. The fourth-order valence-electron chi connectivity index (χ4n) is 3.56. The van der Waals surface area contributed by atoms with Crippen LogP contribution in [0.15, 0.2) is 12.7 Å². The van der Waals surface area contributed by atoms with Gasteiger partial charge >= 0.3 is 5.97 Å². The Morgan fingerprint density at radius 3 is 2.75 bits per heavy atom. The van der Waals surface area contributed by atoms with Gasteiger partial charge in [-0.2, -0.15) is 0 Å². The summed E-state index contributed by atoms with van der Waals surface area (Å²) in [4.78, 5) is 23.0. The summed E-state index contributed by atoms with van der Waals surface area (Å²) < 4.78 is 5.11. The Balaban J connectivity index is 1.76. The van der Waals surface area contributed by atoms with Crippen molar-refractivity contribution in [2.75, 3.05) is 13.2 Å². The molecule has 0 heterocycles. The van der Waals surface area contributed by atoms with E-state index in [1.54, 1.807) is 6.08 Å². The zero-order valence-electron chi connectivity index (χ0n) is 11.7. The minimum atomic E-state index is -1.06. The Morgan fingerprint density at radius 2 is 2.20 bits per heavy atom. The summed E-state index contributed by atoms with van der Waals surface area (Å²) in [7, 11) is 0. The van der Waals surface area contributed by atoms with E-state index in [4.69, 9.17) is 9.84 Å². The molecular weight excluding hydrogens is 258 g/mol. The van der Waals surface area contributed by atoms with Crippen LogP contribution in [-0.4, -0.2) is 36.2 Å². The summed E-state index contributed by atoms with van der Waals surface area (Å²) in [5, 5.41) is 11.6. The van der Waals surface area contributed by atoms with Gasteiger partial charge in [0.25, 0.3) is 0 Å². The molecular formula is C15H23NO4. The number of nitrogens with one attached hydrogen (secondary N) is 1. The topological polar surface area (TPSA) is 75.6 Å². The number of fused-ring (bicyclic) bond motifs is 2. The number of carbonyl (C=O) groups is 2. The quantitative estimate of drug-likeness (QED) is 0.523. The van der Waals surface area contributed by atoms with Crippen molar-refractivity contribution in [1.29, 1.82) is 0 Å². The number of hydrogen-bond acceptors (Lipinski definition) is 3. The van der Waals surface area contributed by atoms with Gasteiger partial charge < -0.3 is 15.2 Å². The first-order valence-corrected chi connectivity index (χ1v) is 7.31. The molecule has 1 amide bonds. The fraction of sp³-hybridized carbons (Fsp3) is 0.733. The van der Waals surface area contributed by atoms with Gasteiger partial charge in [0.1, 0.15) is 0 Å². The summed E-state index contributed by atoms with van der Waals surface area (Å²) in [6.07, 6.45) is 6.91. The first-order chi connectivity index (χ1) is 9.60. The van der Waals surface area contributed by atoms with E-state index in [2.05, 4.69) is 11.9 Å². The third-order valence-corrected chi connectivity index (χ3v) is 4.49. The van der Waals surface area contributed by atoms with Crippen LogP contribution in [-0.2, 0) is 14.3 Å². The lowest BCUT2D eigenvalue weighted by Crippen LogP contribution is -2.44. The molecule has 20 heavy (non-hydrogen) atoms. The lowest BCUT2D eigenvalue weighted by atomic mass is 9.86. The smallest absolute Gasteiger partial charge is 0.328 e. The summed E-state index contributed by atoms with van der Waals surface area (Å²) in [5.74, 6) is 0.680. The van der Waals surface area contributed by atoms with Gasteiger partial charge in [0, 0.05) is 6.42 Å². The van der Waals surface area contributed by atoms with Crippen molar-refractivity contribution < 1.29 is 19.4 Å². The zero-order valence-corrected chi connectivity index (χ0v) is 11.7. The van der Waals surface area contributed by atoms with Gasteiger partial charge in [0.15, 0.2) is 6.04 Å². The largest absolute Gasteiger partial charge is 0.480 e. The summed E-state index contributed by atoms with van der Waals surface area (Å²) in [6, 6.07) is -0.971. The molecule has 0 aliphatic heterocycles. The van der Waals surface area contributed by atoms with Crippen molar-refractivity contribution in [3.05, 3.63) is 12.7 Å². The van der Waals surface area contributed by atoms with Crippen LogP contribution in [0.5, 0.6) is 0 Å². The van der Waals surface area contributed by atoms with E-state index in [0.29, 0.717) is 18.3 Å². The van der Waals surface area contributed by atoms with E-state index >= 15 is 0 Å². The highest BCUT2D eigenvalue weighted by Gasteiger charge is 2.40. The minimum absolute atomic E-state index is 0.0240. The van der Waals surface area contributed by atoms with Crippen LogP contribution < -0.4 is 5.32 Å². The molecule has 0 saturated heterocycles. The summed E-state index contributed by atoms with van der Waals surface area (Å²) >= 11 is 0. The average Bonchev–Trinajstić information content (AvgIpc) is 2.99. The van der Waals surface area contributed by atoms with E-state index in [1.807, 2.05) is 0 Å². The van der Waals surface area contributed by atoms with Crippen LogP contribution in [0.3, 0.4) is 0 Å². The maximum absolute atomic E-state index is 12.0. The van der Waals surface area contributed by atoms with Gasteiger partial charge in [0.05, 0.1) is 13.2 Å². The number of amides is 1. The van der Waals surface area contributed by atoms with E-state index in [-0.39, 0.29) is 19.1 Å². The number of carboxylic acid groups (broad SMARTS) is 1. The standard InChI is InChI=1S/C15H23NO4/c1-2-5-20-9-13(15(18)19)16-14(17)8-12-7-10-3-4-11(12)6-10/h2,10-13H,1,3-9H2,(H,16,17)(H,18,19). The molecule has 0 spiro atoms. The first-order valence-electron chi connectivity index (χ1n) is 7.31. The SMILES string of the molecule is C=CCOCC(NC(=O)CC1CC2CCC1C2)C(=O)O. The molecule has 2 saturated carbocycles. The van der Waals surface area contributed by atoms with Crippen LogP contribution in [0.4, 0.5) is 0 Å². The molecule has 2 fully saturated rings. The van der Waals surface area contributed by atoms with Crippen molar-refractivity contribution in [3.63, 3.8) is 0 Å². The molecule has 2 rings (SSSR count). The normalized spacial score (nSPS) is 29.1. The second-order valence-electron chi connectivity index (χ2n) is 5.92. The lowest BCUT2D eigenvalue weighted by molar-refractivity contribution is -0.143. The molecule has 0 aromatic rings. The van der Waals surface area contributed by atoms with Gasteiger partial charge in [-0.25, -0.2) is 4.79 Å². The van der Waals surface area contributed by atoms with E-state index in [1.165, 1.54) is 19.3 Å². The average molecular weight is 281 g/mol. The van der Waals surface area contributed by atoms with Crippen LogP contribution in [0, 0.1) is 17.8 Å². The number of hydrogen-bond donors (Lipinski definition) is 2. The third kappa shape index (κ3) is 3.82. The molecule has 112 valence electrons. The van der Waals surface area contributed by atoms with Crippen LogP contribution in [0.1, 0.15) is 32.1 Å². The predicted octanol–water partition coefficient (Wildman–Crippen LogP) is 1.58. The number of carboxylic acids is 1. The van der Waals surface area contributed by atoms with Crippen molar-refractivity contribution in [1.82, 2.24) is 5.32 Å². The molecule has 2 aliphatic carbocycles.